The number of nitrogens with zero attached hydrogens (tertiary/aromatic N) is 8. The van der Waals surface area contributed by atoms with E-state index in [9.17, 15) is 45.5 Å². The Bertz CT molecular complexity index is 5210. The molecule has 8 aliphatic rings. The molecule has 0 amide bonds. The molecule has 19 rings (SSSR count). The first-order valence-corrected chi connectivity index (χ1v) is 43.7. The number of hydrogen-bond acceptors (Lipinski definition) is 8. The standard InChI is InChI=1S/C25H24F2N2O.C24H21BrF2N2O.C24H21ClF2N2O.C23H29ClN2O/c1-15-7-9-19-17(11-15)13-20-24(23(30)12-16-5-3-2-4-6-16)28-29(25(19)20)22-10-8-18(26)14-21(22)27;2*25-16-6-8-18-15(11-16)12-19-23(22(30)10-14-4-2-1-3-5-14)28-29(24(18)19)21-9-7-17(26)13-20(21)27;1-16-9-10-19-18(13-16)15-20-22(21(27)14-17-7-3-2-4-8-17)25-26(23(19)20)12-6-5-11-24/h7-11,14,16H,2-6,12-13H2,1H3;2*6-9,11,13-14H,1-5,10,12H2;9-10,13,17H,2-8,11-12,14-15H2,1H3. The minimum absolute atomic E-state index is 0.00155. The monoisotopic (exact) mass is 1690 g/mol. The van der Waals surface area contributed by atoms with Crippen molar-refractivity contribution < 1.29 is 45.5 Å². The molecule has 0 saturated heterocycles. The first kappa shape index (κ1) is 81.4. The Kier molecular flexibility index (Phi) is 24.9. The quantitative estimate of drug-likeness (QED) is 0.0337. The van der Waals surface area contributed by atoms with E-state index < -0.39 is 34.9 Å². The van der Waals surface area contributed by atoms with Crippen LogP contribution in [0.5, 0.6) is 0 Å². The van der Waals surface area contributed by atoms with Crippen molar-refractivity contribution in [3.8, 4) is 62.1 Å². The van der Waals surface area contributed by atoms with Crippen molar-refractivity contribution in [1.82, 2.24) is 39.1 Å². The van der Waals surface area contributed by atoms with Crippen LogP contribution in [-0.4, -0.2) is 68.1 Å². The maximum absolute atomic E-state index is 14.6. The normalized spacial score (nSPS) is 16.0. The fraction of sp³-hybridized carbons (Fsp3) is 0.396. The molecule has 4 saturated carbocycles. The number of Topliss-reactive ketones (excluding diaryl/α,β-unsaturated/α-hetero) is 4. The first-order chi connectivity index (χ1) is 56.7. The first-order valence-electron chi connectivity index (χ1n) is 42.0. The van der Waals surface area contributed by atoms with Gasteiger partial charge in [-0.15, -0.1) is 11.6 Å². The predicted octanol–water partition coefficient (Wildman–Crippen LogP) is 25.3. The van der Waals surface area contributed by atoms with Crippen LogP contribution in [0.15, 0.2) is 132 Å². The molecule has 0 atom stereocenters. The van der Waals surface area contributed by atoms with Crippen LogP contribution >= 0.6 is 39.1 Å². The molecule has 0 unspecified atom stereocenters. The molecule has 4 fully saturated rings. The molecule has 117 heavy (non-hydrogen) atoms. The lowest BCUT2D eigenvalue weighted by atomic mass is 9.85. The van der Waals surface area contributed by atoms with E-state index >= 15 is 0 Å². The van der Waals surface area contributed by atoms with Crippen LogP contribution in [-0.2, 0) is 32.2 Å². The average molecular weight is 1690 g/mol. The highest BCUT2D eigenvalue weighted by Crippen LogP contribution is 2.47. The van der Waals surface area contributed by atoms with E-state index in [1.807, 2.05) is 49.4 Å². The number of aryl methyl sites for hydroxylation is 3. The summed E-state index contributed by atoms with van der Waals surface area (Å²) >= 11 is 15.5. The van der Waals surface area contributed by atoms with E-state index in [4.69, 9.17) is 28.3 Å². The van der Waals surface area contributed by atoms with Crippen molar-refractivity contribution in [2.24, 2.45) is 23.7 Å². The Balaban J connectivity index is 0.000000117. The van der Waals surface area contributed by atoms with Crippen molar-refractivity contribution in [1.29, 1.82) is 0 Å². The molecule has 0 spiro atoms. The minimum atomic E-state index is -0.714. The lowest BCUT2D eigenvalue weighted by molar-refractivity contribution is 0.0935. The Labute approximate surface area is 697 Å². The van der Waals surface area contributed by atoms with Gasteiger partial charge in [0.25, 0.3) is 0 Å². The zero-order chi connectivity index (χ0) is 81.3. The van der Waals surface area contributed by atoms with Gasteiger partial charge >= 0.3 is 0 Å². The van der Waals surface area contributed by atoms with Crippen molar-refractivity contribution >= 4 is 62.3 Å². The van der Waals surface area contributed by atoms with Gasteiger partial charge in [-0.3, -0.25) is 23.9 Å². The summed E-state index contributed by atoms with van der Waals surface area (Å²) in [4.78, 5) is 52.8. The second-order valence-electron chi connectivity index (χ2n) is 33.5. The lowest BCUT2D eigenvalue weighted by Crippen LogP contribution is -2.14. The number of aromatic nitrogens is 8. The molecule has 21 heteroatoms. The van der Waals surface area contributed by atoms with Gasteiger partial charge in [0.05, 0.1) is 22.8 Å². The highest BCUT2D eigenvalue weighted by atomic mass is 79.9. The number of alkyl halides is 1. The lowest BCUT2D eigenvalue weighted by Gasteiger charge is -2.20. The topological polar surface area (TPSA) is 140 Å². The maximum atomic E-state index is 14.6. The molecule has 11 aromatic rings. The highest BCUT2D eigenvalue weighted by Gasteiger charge is 2.38. The summed E-state index contributed by atoms with van der Waals surface area (Å²) < 4.78 is 91.8. The fourth-order valence-corrected chi connectivity index (χ4v) is 20.2. The number of halogens is 9. The summed E-state index contributed by atoms with van der Waals surface area (Å²) in [6.07, 6.45) is 30.1. The summed E-state index contributed by atoms with van der Waals surface area (Å²) in [7, 11) is 0. The van der Waals surface area contributed by atoms with Crippen LogP contribution in [0.4, 0.5) is 26.3 Å². The van der Waals surface area contributed by atoms with Gasteiger partial charge in [-0.25, -0.2) is 40.4 Å². The Morgan fingerprint density at radius 3 is 1.05 bits per heavy atom. The minimum Gasteiger partial charge on any atom is -0.292 e. The summed E-state index contributed by atoms with van der Waals surface area (Å²) in [5, 5.41) is 19.1. The molecular weight excluding hydrogens is 1590 g/mol. The fourth-order valence-electron chi connectivity index (χ4n) is 19.4. The van der Waals surface area contributed by atoms with Crippen LogP contribution in [0.1, 0.15) is 265 Å². The number of carbonyl (C=O) groups is 4. The highest BCUT2D eigenvalue weighted by molar-refractivity contribution is 9.10. The summed E-state index contributed by atoms with van der Waals surface area (Å²) in [6, 6.07) is 34.5. The number of unbranched alkanes of at least 4 members (excludes halogenated alkanes) is 1. The number of fused-ring (bicyclic) bond motifs is 12. The maximum Gasteiger partial charge on any atom is 0.183 e. The summed E-state index contributed by atoms with van der Waals surface area (Å²) in [6.45, 7) is 4.99. The zero-order valence-corrected chi connectivity index (χ0v) is 69.3. The van der Waals surface area contributed by atoms with Crippen LogP contribution < -0.4 is 0 Å². The van der Waals surface area contributed by atoms with Crippen LogP contribution in [0, 0.1) is 72.4 Å². The largest absolute Gasteiger partial charge is 0.292 e. The van der Waals surface area contributed by atoms with E-state index in [1.165, 1.54) is 150 Å². The number of ketones is 4. The average Bonchev–Trinajstić information content (AvgIpc) is 1.59. The van der Waals surface area contributed by atoms with E-state index in [0.717, 1.165) is 178 Å². The van der Waals surface area contributed by atoms with Gasteiger partial charge in [-0.1, -0.05) is 216 Å². The van der Waals surface area contributed by atoms with E-state index in [2.05, 4.69) is 67.1 Å². The van der Waals surface area contributed by atoms with Gasteiger partial charge in [-0.05, 0) is 133 Å². The molecule has 0 bridgehead atoms. The zero-order valence-electron chi connectivity index (χ0n) is 66.2. The SMILES string of the molecule is Cc1ccc2c(c1)Cc1c(C(=O)CC3CCCCC3)nn(-c3ccc(F)cc3F)c1-2.Cc1ccc2c(c1)Cc1c(C(=O)CC3CCCCC3)nn(CCCCCl)c1-2.O=C(CC1CCCCC1)c1nn(-c2ccc(F)cc2F)c2c1Cc1cc(Br)ccc1-2.O=C(CC1CCCCC1)c1nn(-c2ccc(F)cc2F)c2c1Cc1cc(Cl)ccc1-2. The molecule has 0 N–H and O–H groups in total. The molecule has 12 nitrogen and oxygen atoms in total. The number of carbonyl (C=O) groups excluding carboxylic acids is 4. The van der Waals surface area contributed by atoms with E-state index in [-0.39, 0.29) is 40.2 Å². The third-order valence-electron chi connectivity index (χ3n) is 25.2. The molecule has 4 aromatic heterocycles. The summed E-state index contributed by atoms with van der Waals surface area (Å²) in [5.74, 6) is -1.32. The molecular formula is C96H95BrCl2F6N8O4. The molecule has 7 aromatic carbocycles. The van der Waals surface area contributed by atoms with Crippen LogP contribution in [0.3, 0.4) is 0 Å². The van der Waals surface area contributed by atoms with E-state index in [0.29, 0.717) is 102 Å². The van der Waals surface area contributed by atoms with Crippen molar-refractivity contribution in [2.75, 3.05) is 5.88 Å². The van der Waals surface area contributed by atoms with Crippen molar-refractivity contribution in [3.63, 3.8) is 0 Å². The molecule has 8 aliphatic carbocycles. The number of rotatable bonds is 19. The van der Waals surface area contributed by atoms with Crippen molar-refractivity contribution in [3.05, 3.63) is 250 Å². The van der Waals surface area contributed by atoms with Crippen molar-refractivity contribution in [2.45, 2.75) is 213 Å². The Morgan fingerprint density at radius 2 is 0.692 bits per heavy atom. The van der Waals surface area contributed by atoms with Gasteiger partial charge in [0.15, 0.2) is 40.6 Å². The van der Waals surface area contributed by atoms with E-state index in [1.54, 1.807) is 6.07 Å². The molecule has 606 valence electrons. The summed E-state index contributed by atoms with van der Waals surface area (Å²) in [5.41, 5.74) is 20.4. The predicted molar refractivity (Wildman–Crippen MR) is 450 cm³/mol. The van der Waals surface area contributed by atoms with Gasteiger partial charge in [0.1, 0.15) is 57.3 Å². The third-order valence-corrected chi connectivity index (χ3v) is 26.2. The number of hydrogen-bond donors (Lipinski definition) is 0. The van der Waals surface area contributed by atoms with Gasteiger partial charge in [0, 0.05) is 136 Å². The second-order valence-corrected chi connectivity index (χ2v) is 35.2. The Hall–Kier alpha value is -9.30. The van der Waals surface area contributed by atoms with Crippen LogP contribution in [0.25, 0.3) is 62.1 Å². The van der Waals surface area contributed by atoms with Gasteiger partial charge in [0.2, 0.25) is 0 Å². The molecule has 0 radical (unpaired) electrons. The van der Waals surface area contributed by atoms with Crippen LogP contribution in [0.2, 0.25) is 5.02 Å². The molecule has 0 aliphatic heterocycles. The third kappa shape index (κ3) is 17.5. The Morgan fingerprint density at radius 1 is 0.376 bits per heavy atom. The van der Waals surface area contributed by atoms with Gasteiger partial charge < -0.3 is 0 Å². The molecule has 4 heterocycles. The van der Waals surface area contributed by atoms with Gasteiger partial charge in [-0.2, -0.15) is 20.4 Å². The second kappa shape index (κ2) is 35.7. The number of benzene rings is 7. The smallest absolute Gasteiger partial charge is 0.183 e.